The Morgan fingerprint density at radius 1 is 1.79 bits per heavy atom. The average molecular weight is 197 g/mol. The molecule has 14 heavy (non-hydrogen) atoms. The van der Waals surface area contributed by atoms with Crippen molar-refractivity contribution in [3.8, 4) is 0 Å². The molecule has 1 rings (SSSR count). The number of nitrogens with zero attached hydrogens (tertiary/aromatic N) is 2. The minimum absolute atomic E-state index is 0.170. The number of H-pyrrole nitrogens is 1. The monoisotopic (exact) mass is 197 g/mol. The molecule has 6 nitrogen and oxygen atoms in total. The lowest BCUT2D eigenvalue weighted by molar-refractivity contribution is -0.123. The Morgan fingerprint density at radius 2 is 2.50 bits per heavy atom. The van der Waals surface area contributed by atoms with Crippen LogP contribution in [0.15, 0.2) is 6.33 Å². The number of nitrogens with one attached hydrogen (secondary N) is 2. The van der Waals surface area contributed by atoms with Crippen LogP contribution < -0.4 is 11.1 Å². The van der Waals surface area contributed by atoms with Crippen molar-refractivity contribution in [1.82, 2.24) is 20.5 Å². The van der Waals surface area contributed by atoms with Crippen molar-refractivity contribution < 1.29 is 4.79 Å². The number of hydrogen-bond donors (Lipinski definition) is 3. The first-order valence-electron chi connectivity index (χ1n) is 4.56. The Bertz CT molecular complexity index is 284. The second-order valence-corrected chi connectivity index (χ2v) is 3.12. The molecule has 78 valence electrons. The van der Waals surface area contributed by atoms with Gasteiger partial charge in [0.1, 0.15) is 12.2 Å². The van der Waals surface area contributed by atoms with E-state index in [1.807, 2.05) is 13.8 Å². The maximum absolute atomic E-state index is 11.4. The molecule has 2 atom stereocenters. The standard InChI is InChI=1S/C8H15N5O/c1-3-6(9)8(14)12-5(2)7-10-4-11-13-7/h4-6H,3,9H2,1-2H3,(H,12,14)(H,10,11,13)/t5?,6-/m1/s1. The van der Waals surface area contributed by atoms with Crippen LogP contribution >= 0.6 is 0 Å². The Kier molecular flexibility index (Phi) is 3.58. The van der Waals surface area contributed by atoms with E-state index in [2.05, 4.69) is 20.5 Å². The maximum Gasteiger partial charge on any atom is 0.237 e. The van der Waals surface area contributed by atoms with Crippen LogP contribution in [0.4, 0.5) is 0 Å². The molecule has 1 heterocycles. The van der Waals surface area contributed by atoms with Crippen LogP contribution in [0.2, 0.25) is 0 Å². The highest BCUT2D eigenvalue weighted by atomic mass is 16.2. The van der Waals surface area contributed by atoms with Crippen molar-refractivity contribution in [3.63, 3.8) is 0 Å². The van der Waals surface area contributed by atoms with Crippen LogP contribution in [-0.4, -0.2) is 27.1 Å². The average Bonchev–Trinajstić information content (AvgIpc) is 2.69. The first-order valence-corrected chi connectivity index (χ1v) is 4.56. The Morgan fingerprint density at radius 3 is 3.00 bits per heavy atom. The van der Waals surface area contributed by atoms with Gasteiger partial charge in [-0.2, -0.15) is 5.10 Å². The van der Waals surface area contributed by atoms with E-state index in [0.29, 0.717) is 12.2 Å². The summed E-state index contributed by atoms with van der Waals surface area (Å²) in [5.41, 5.74) is 5.56. The summed E-state index contributed by atoms with van der Waals surface area (Å²) in [4.78, 5) is 15.3. The lowest BCUT2D eigenvalue weighted by atomic mass is 10.2. The molecular weight excluding hydrogens is 182 g/mol. The summed E-state index contributed by atoms with van der Waals surface area (Å²) in [5.74, 6) is 0.457. The zero-order chi connectivity index (χ0) is 10.6. The zero-order valence-electron chi connectivity index (χ0n) is 8.32. The van der Waals surface area contributed by atoms with Gasteiger partial charge >= 0.3 is 0 Å². The van der Waals surface area contributed by atoms with Gasteiger partial charge in [0.15, 0.2) is 0 Å². The number of rotatable bonds is 4. The van der Waals surface area contributed by atoms with Crippen molar-refractivity contribution in [3.05, 3.63) is 12.2 Å². The largest absolute Gasteiger partial charge is 0.345 e. The third-order valence-corrected chi connectivity index (χ3v) is 1.98. The lowest BCUT2D eigenvalue weighted by Gasteiger charge is -2.14. The van der Waals surface area contributed by atoms with Crippen LogP contribution in [0.5, 0.6) is 0 Å². The third kappa shape index (κ3) is 2.53. The molecule has 1 aromatic rings. The number of aromatic amines is 1. The van der Waals surface area contributed by atoms with Gasteiger partial charge in [-0.25, -0.2) is 4.98 Å². The van der Waals surface area contributed by atoms with Crippen LogP contribution in [0.3, 0.4) is 0 Å². The fraction of sp³-hybridized carbons (Fsp3) is 0.625. The van der Waals surface area contributed by atoms with Crippen LogP contribution in [-0.2, 0) is 4.79 Å². The number of hydrogen-bond acceptors (Lipinski definition) is 4. The number of nitrogens with two attached hydrogens (primary N) is 1. The summed E-state index contributed by atoms with van der Waals surface area (Å²) >= 11 is 0. The van der Waals surface area contributed by atoms with Gasteiger partial charge in [0.05, 0.1) is 12.1 Å². The topological polar surface area (TPSA) is 96.7 Å². The van der Waals surface area contributed by atoms with E-state index < -0.39 is 6.04 Å². The summed E-state index contributed by atoms with van der Waals surface area (Å²) in [5, 5.41) is 9.11. The Balaban J connectivity index is 2.49. The highest BCUT2D eigenvalue weighted by Crippen LogP contribution is 2.04. The van der Waals surface area contributed by atoms with Gasteiger partial charge in [-0.15, -0.1) is 0 Å². The molecule has 0 fully saturated rings. The highest BCUT2D eigenvalue weighted by molar-refractivity contribution is 5.81. The molecule has 0 aromatic carbocycles. The lowest BCUT2D eigenvalue weighted by Crippen LogP contribution is -2.41. The predicted octanol–water partition coefficient (Wildman–Crippen LogP) is -0.281. The molecule has 1 aromatic heterocycles. The van der Waals surface area contributed by atoms with Crippen LogP contribution in [0.25, 0.3) is 0 Å². The second-order valence-electron chi connectivity index (χ2n) is 3.12. The Hall–Kier alpha value is -1.43. The van der Waals surface area contributed by atoms with E-state index in [9.17, 15) is 4.79 Å². The number of carbonyl (C=O) groups excluding carboxylic acids is 1. The minimum Gasteiger partial charge on any atom is -0.345 e. The summed E-state index contributed by atoms with van der Waals surface area (Å²) in [6.45, 7) is 3.68. The van der Waals surface area contributed by atoms with Crippen LogP contribution in [0, 0.1) is 0 Å². The molecule has 0 aliphatic rings. The summed E-state index contributed by atoms with van der Waals surface area (Å²) < 4.78 is 0. The van der Waals surface area contributed by atoms with Gasteiger partial charge in [-0.05, 0) is 13.3 Å². The van der Waals surface area contributed by atoms with E-state index in [1.54, 1.807) is 0 Å². The molecule has 0 radical (unpaired) electrons. The summed E-state index contributed by atoms with van der Waals surface area (Å²) in [6.07, 6.45) is 2.02. The fourth-order valence-electron chi connectivity index (χ4n) is 0.998. The van der Waals surface area contributed by atoms with Gasteiger partial charge in [-0.1, -0.05) is 6.92 Å². The maximum atomic E-state index is 11.4. The van der Waals surface area contributed by atoms with E-state index in [1.165, 1.54) is 6.33 Å². The predicted molar refractivity (Wildman–Crippen MR) is 51.2 cm³/mol. The highest BCUT2D eigenvalue weighted by Gasteiger charge is 2.15. The van der Waals surface area contributed by atoms with Gasteiger partial charge in [0.25, 0.3) is 0 Å². The second kappa shape index (κ2) is 4.71. The van der Waals surface area contributed by atoms with Gasteiger partial charge in [0, 0.05) is 0 Å². The quantitative estimate of drug-likeness (QED) is 0.618. The van der Waals surface area contributed by atoms with Crippen molar-refractivity contribution in [2.45, 2.75) is 32.4 Å². The minimum atomic E-state index is -0.458. The molecule has 0 saturated carbocycles. The van der Waals surface area contributed by atoms with Crippen molar-refractivity contribution in [2.75, 3.05) is 0 Å². The molecule has 4 N–H and O–H groups in total. The molecule has 0 aliphatic carbocycles. The van der Waals surface area contributed by atoms with Crippen molar-refractivity contribution in [2.24, 2.45) is 5.73 Å². The SMILES string of the molecule is CC[C@@H](N)C(=O)NC(C)c1ncn[nH]1. The fourth-order valence-corrected chi connectivity index (χ4v) is 0.998. The molecule has 0 aliphatic heterocycles. The molecule has 1 unspecified atom stereocenters. The first-order chi connectivity index (χ1) is 6.65. The number of amides is 1. The third-order valence-electron chi connectivity index (χ3n) is 1.98. The van der Waals surface area contributed by atoms with E-state index in [4.69, 9.17) is 5.73 Å². The van der Waals surface area contributed by atoms with Crippen molar-refractivity contribution >= 4 is 5.91 Å². The molecule has 0 saturated heterocycles. The molecule has 0 bridgehead atoms. The van der Waals surface area contributed by atoms with E-state index >= 15 is 0 Å². The normalized spacial score (nSPS) is 14.8. The first kappa shape index (κ1) is 10.6. The van der Waals surface area contributed by atoms with Gasteiger partial charge in [0.2, 0.25) is 5.91 Å². The van der Waals surface area contributed by atoms with E-state index in [-0.39, 0.29) is 11.9 Å². The van der Waals surface area contributed by atoms with E-state index in [0.717, 1.165) is 0 Å². The summed E-state index contributed by atoms with van der Waals surface area (Å²) in [7, 11) is 0. The molecule has 0 spiro atoms. The van der Waals surface area contributed by atoms with Gasteiger partial charge < -0.3 is 11.1 Å². The van der Waals surface area contributed by atoms with Crippen molar-refractivity contribution in [1.29, 1.82) is 0 Å². The number of aromatic nitrogens is 3. The van der Waals surface area contributed by atoms with Gasteiger partial charge in [-0.3, -0.25) is 9.89 Å². The molecular formula is C8H15N5O. The summed E-state index contributed by atoms with van der Waals surface area (Å²) in [6, 6.07) is -0.650. The number of carbonyl (C=O) groups is 1. The van der Waals surface area contributed by atoms with Crippen LogP contribution in [0.1, 0.15) is 32.1 Å². The smallest absolute Gasteiger partial charge is 0.237 e. The molecule has 1 amide bonds. The Labute approximate surface area is 82.3 Å². The zero-order valence-corrected chi connectivity index (χ0v) is 8.32. The molecule has 6 heteroatoms.